The fraction of sp³-hybridized carbons (Fsp3) is 0.214. The van der Waals surface area contributed by atoms with E-state index in [0.29, 0.717) is 6.07 Å². The van der Waals surface area contributed by atoms with Crippen LogP contribution in [-0.2, 0) is 9.84 Å². The molecule has 1 heterocycles. The predicted molar refractivity (Wildman–Crippen MR) is 87.0 cm³/mol. The summed E-state index contributed by atoms with van der Waals surface area (Å²) in [6.07, 6.45) is -5.66. The van der Waals surface area contributed by atoms with Gasteiger partial charge in [0.2, 0.25) is 0 Å². The van der Waals surface area contributed by atoms with Gasteiger partial charge in [-0.2, -0.15) is 30.7 Å². The zero-order valence-corrected chi connectivity index (χ0v) is 16.4. The number of rotatable bonds is 4. The van der Waals surface area contributed by atoms with Crippen molar-refractivity contribution in [3.8, 4) is 11.3 Å². The molecule has 0 fully saturated rings. The van der Waals surface area contributed by atoms with Crippen LogP contribution >= 0.6 is 31.9 Å². The predicted octanol–water partition coefficient (Wildman–Crippen LogP) is 5.64. The Morgan fingerprint density at radius 3 is 2.07 bits per heavy atom. The van der Waals surface area contributed by atoms with E-state index in [0.717, 1.165) is 12.3 Å². The second-order valence-corrected chi connectivity index (χ2v) is 8.58. The maximum Gasteiger partial charge on any atom is 0.461 e. The van der Waals surface area contributed by atoms with E-state index in [-0.39, 0.29) is 14.6 Å². The van der Waals surface area contributed by atoms with Crippen LogP contribution in [0, 0.1) is 6.07 Å². The SMILES string of the molecule is O=S(=O)(c1cc(Br)[c]c(Br)c1-c1ccccn1)C(F)(F)C(F)(F)C(F)(F)F. The lowest BCUT2D eigenvalue weighted by Gasteiger charge is -2.28. The van der Waals surface area contributed by atoms with Crippen LogP contribution in [0.2, 0.25) is 0 Å². The van der Waals surface area contributed by atoms with Gasteiger partial charge < -0.3 is 0 Å². The number of pyridine rings is 1. The van der Waals surface area contributed by atoms with Gasteiger partial charge in [-0.05, 0) is 34.1 Å². The summed E-state index contributed by atoms with van der Waals surface area (Å²) < 4.78 is 116. The number of hydrogen-bond donors (Lipinski definition) is 0. The minimum absolute atomic E-state index is 0.266. The molecule has 3 nitrogen and oxygen atoms in total. The molecule has 0 aliphatic carbocycles. The van der Waals surface area contributed by atoms with Gasteiger partial charge in [-0.1, -0.05) is 22.0 Å². The fourth-order valence-corrected chi connectivity index (χ4v) is 5.02. The first-order valence-electron chi connectivity index (χ1n) is 6.54. The van der Waals surface area contributed by atoms with E-state index in [4.69, 9.17) is 0 Å². The number of aromatic nitrogens is 1. The van der Waals surface area contributed by atoms with Gasteiger partial charge in [-0.3, -0.25) is 4.98 Å². The molecule has 1 aromatic carbocycles. The third-order valence-electron chi connectivity index (χ3n) is 3.22. The molecule has 0 atom stereocenters. The largest absolute Gasteiger partial charge is 0.461 e. The van der Waals surface area contributed by atoms with Crippen molar-refractivity contribution in [1.82, 2.24) is 4.98 Å². The number of halogens is 9. The van der Waals surface area contributed by atoms with Gasteiger partial charge in [-0.25, -0.2) is 8.42 Å². The van der Waals surface area contributed by atoms with E-state index in [2.05, 4.69) is 42.9 Å². The Hall–Kier alpha value is -1.21. The average Bonchev–Trinajstić information content (AvgIpc) is 2.53. The van der Waals surface area contributed by atoms with Gasteiger partial charge >= 0.3 is 17.4 Å². The minimum Gasteiger partial charge on any atom is -0.256 e. The van der Waals surface area contributed by atoms with E-state index in [1.807, 2.05) is 0 Å². The van der Waals surface area contributed by atoms with Crippen LogP contribution in [-0.4, -0.2) is 30.8 Å². The van der Waals surface area contributed by atoms with Crippen LogP contribution in [0.1, 0.15) is 0 Å². The Kier molecular flexibility index (Phi) is 5.72. The molecule has 2 aromatic rings. The molecule has 0 spiro atoms. The first kappa shape index (κ1) is 22.1. The molecule has 0 aliphatic rings. The molecular formula is C14H5Br2F7NO2S. The van der Waals surface area contributed by atoms with Crippen molar-refractivity contribution >= 4 is 41.7 Å². The van der Waals surface area contributed by atoms with Gasteiger partial charge in [0.15, 0.2) is 0 Å². The molecular weight excluding hydrogens is 539 g/mol. The first-order chi connectivity index (χ1) is 12.1. The van der Waals surface area contributed by atoms with Gasteiger partial charge in [-0.15, -0.1) is 0 Å². The molecule has 0 N–H and O–H groups in total. The molecule has 13 heteroatoms. The van der Waals surface area contributed by atoms with Crippen molar-refractivity contribution in [3.63, 3.8) is 0 Å². The molecule has 147 valence electrons. The van der Waals surface area contributed by atoms with Crippen molar-refractivity contribution < 1.29 is 39.2 Å². The Bertz CT molecular complexity index is 963. The standard InChI is InChI=1S/C14H5Br2F7NO2S/c15-7-5-8(16)11(9-3-1-2-4-24-9)10(6-7)27(25,26)14(22,23)12(17,18)13(19,20)21/h1-4,6H. The monoisotopic (exact) mass is 542 g/mol. The fourth-order valence-electron chi connectivity index (χ4n) is 1.93. The lowest BCUT2D eigenvalue weighted by molar-refractivity contribution is -0.332. The average molecular weight is 544 g/mol. The van der Waals surface area contributed by atoms with Crippen molar-refractivity contribution in [2.75, 3.05) is 0 Å². The number of hydrogen-bond acceptors (Lipinski definition) is 3. The summed E-state index contributed by atoms with van der Waals surface area (Å²) in [7, 11) is -6.53. The smallest absolute Gasteiger partial charge is 0.256 e. The Labute approximate surface area is 164 Å². The summed E-state index contributed by atoms with van der Waals surface area (Å²) >= 11 is 5.58. The van der Waals surface area contributed by atoms with E-state index in [1.165, 1.54) is 12.1 Å². The molecule has 0 saturated heterocycles. The lowest BCUT2D eigenvalue weighted by atomic mass is 10.1. The van der Waals surface area contributed by atoms with E-state index < -0.39 is 37.6 Å². The normalized spacial score (nSPS) is 13.7. The van der Waals surface area contributed by atoms with Gasteiger partial charge in [0.1, 0.15) is 0 Å². The topological polar surface area (TPSA) is 47.0 Å². The van der Waals surface area contributed by atoms with Crippen molar-refractivity contribution in [2.45, 2.75) is 22.2 Å². The summed E-state index contributed by atoms with van der Waals surface area (Å²) in [6, 6.07) is 6.77. The van der Waals surface area contributed by atoms with Crippen molar-refractivity contribution in [2.24, 2.45) is 0 Å². The van der Waals surface area contributed by atoms with E-state index in [9.17, 15) is 39.2 Å². The minimum atomic E-state index is -6.83. The zero-order valence-electron chi connectivity index (χ0n) is 12.5. The van der Waals surface area contributed by atoms with Crippen LogP contribution in [0.15, 0.2) is 44.3 Å². The van der Waals surface area contributed by atoms with E-state index in [1.54, 1.807) is 0 Å². The summed E-state index contributed by atoms with van der Waals surface area (Å²) in [5.41, 5.74) is -0.908. The molecule has 2 rings (SSSR count). The van der Waals surface area contributed by atoms with Crippen LogP contribution in [0.3, 0.4) is 0 Å². The second-order valence-electron chi connectivity index (χ2n) is 4.98. The lowest BCUT2D eigenvalue weighted by Crippen LogP contribution is -2.56. The van der Waals surface area contributed by atoms with Crippen LogP contribution in [0.4, 0.5) is 30.7 Å². The van der Waals surface area contributed by atoms with Crippen LogP contribution < -0.4 is 0 Å². The van der Waals surface area contributed by atoms with Gasteiger partial charge in [0.25, 0.3) is 9.84 Å². The number of sulfone groups is 1. The number of alkyl halides is 7. The highest BCUT2D eigenvalue weighted by molar-refractivity contribution is 9.11. The summed E-state index contributed by atoms with van der Waals surface area (Å²) in [5, 5.41) is -6.48. The summed E-state index contributed by atoms with van der Waals surface area (Å²) in [4.78, 5) is 2.24. The first-order valence-corrected chi connectivity index (χ1v) is 9.61. The summed E-state index contributed by atoms with van der Waals surface area (Å²) in [6.45, 7) is 0. The van der Waals surface area contributed by atoms with Crippen LogP contribution in [0.5, 0.6) is 0 Å². The second kappa shape index (κ2) is 6.99. The Balaban J connectivity index is 2.85. The van der Waals surface area contributed by atoms with Gasteiger partial charge in [0.05, 0.1) is 10.6 Å². The maximum absolute atomic E-state index is 14.0. The third kappa shape index (κ3) is 3.60. The Morgan fingerprint density at radius 2 is 1.59 bits per heavy atom. The highest BCUT2D eigenvalue weighted by Gasteiger charge is 2.78. The number of benzene rings is 1. The molecule has 0 unspecified atom stereocenters. The third-order valence-corrected chi connectivity index (χ3v) is 6.08. The quantitative estimate of drug-likeness (QED) is 0.469. The van der Waals surface area contributed by atoms with E-state index >= 15 is 0 Å². The molecule has 1 radical (unpaired) electrons. The molecule has 0 amide bonds. The molecule has 0 bridgehead atoms. The maximum atomic E-state index is 14.0. The molecule has 1 aromatic heterocycles. The van der Waals surface area contributed by atoms with Crippen molar-refractivity contribution in [1.29, 1.82) is 0 Å². The van der Waals surface area contributed by atoms with Crippen molar-refractivity contribution in [3.05, 3.63) is 45.5 Å². The highest BCUT2D eigenvalue weighted by atomic mass is 79.9. The Morgan fingerprint density at radius 1 is 1.00 bits per heavy atom. The number of nitrogens with zero attached hydrogens (tertiary/aromatic N) is 1. The zero-order chi connectivity index (χ0) is 20.8. The molecule has 0 saturated carbocycles. The molecule has 0 aliphatic heterocycles. The molecule has 27 heavy (non-hydrogen) atoms. The van der Waals surface area contributed by atoms with Gasteiger partial charge in [0, 0.05) is 26.8 Å². The highest BCUT2D eigenvalue weighted by Crippen LogP contribution is 2.52. The van der Waals surface area contributed by atoms with Crippen LogP contribution in [0.25, 0.3) is 11.3 Å². The summed E-state index contributed by atoms with van der Waals surface area (Å²) in [5.74, 6) is -6.83.